The molecule has 246 valence electrons. The minimum atomic E-state index is -0.953. The molecule has 6 N–H and O–H groups in total. The Bertz CT molecular complexity index is 1510. The van der Waals surface area contributed by atoms with E-state index in [0.717, 1.165) is 27.8 Å². The van der Waals surface area contributed by atoms with Crippen LogP contribution < -0.4 is 21.3 Å². The van der Waals surface area contributed by atoms with E-state index < -0.39 is 30.1 Å². The molecule has 10 nitrogen and oxygen atoms in total. The van der Waals surface area contributed by atoms with E-state index in [1.807, 2.05) is 55.5 Å². The molecule has 1 aliphatic rings. The molecule has 0 aromatic heterocycles. The lowest BCUT2D eigenvalue weighted by Gasteiger charge is -2.29. The van der Waals surface area contributed by atoms with Crippen molar-refractivity contribution < 1.29 is 29.0 Å². The van der Waals surface area contributed by atoms with Crippen molar-refractivity contribution in [3.63, 3.8) is 0 Å². The highest BCUT2D eigenvalue weighted by molar-refractivity contribution is 5.89. The highest BCUT2D eigenvalue weighted by atomic mass is 19.1. The number of β-amino-alcohol motifs (C(OH)–C–C–N with tert-alkyl or cyclic N) is 1. The van der Waals surface area contributed by atoms with Crippen molar-refractivity contribution in [2.45, 2.75) is 70.9 Å². The van der Waals surface area contributed by atoms with Crippen molar-refractivity contribution in [3.8, 4) is 11.1 Å². The highest BCUT2D eigenvalue weighted by Gasteiger charge is 2.32. The summed E-state index contributed by atoms with van der Waals surface area (Å²) in [6.07, 6.45) is -0.775. The fraction of sp³-hybridized carbons (Fsp3) is 0.400. The van der Waals surface area contributed by atoms with Crippen LogP contribution >= 0.6 is 0 Å². The minimum Gasteiger partial charge on any atom is -0.394 e. The van der Waals surface area contributed by atoms with E-state index in [2.05, 4.69) is 21.3 Å². The molecule has 4 rings (SSSR count). The summed E-state index contributed by atoms with van der Waals surface area (Å²) in [6, 6.07) is 19.1. The zero-order valence-corrected chi connectivity index (χ0v) is 26.6. The van der Waals surface area contributed by atoms with Crippen LogP contribution in [-0.2, 0) is 35.6 Å². The Morgan fingerprint density at radius 1 is 1.04 bits per heavy atom. The number of amides is 4. The molecular weight excluding hydrogens is 589 g/mol. The molecular formula is C35H44FN5O5. The summed E-state index contributed by atoms with van der Waals surface area (Å²) in [4.78, 5) is 40.6. The van der Waals surface area contributed by atoms with Gasteiger partial charge in [-0.3, -0.25) is 9.59 Å². The number of nitrogens with one attached hydrogen (secondary N) is 4. The molecule has 0 radical (unpaired) electrons. The van der Waals surface area contributed by atoms with Gasteiger partial charge in [0.05, 0.1) is 12.7 Å². The molecule has 4 amide bonds. The summed E-state index contributed by atoms with van der Waals surface area (Å²) in [6.45, 7) is 6.63. The average Bonchev–Trinajstić information content (AvgIpc) is 3.14. The maximum absolute atomic E-state index is 14.2. The number of carbonyl (C=O) groups is 3. The lowest BCUT2D eigenvalue weighted by atomic mass is 9.98. The average molecular weight is 634 g/mol. The zero-order valence-electron chi connectivity index (χ0n) is 26.6. The molecule has 3 aromatic carbocycles. The quantitative estimate of drug-likeness (QED) is 0.171. The van der Waals surface area contributed by atoms with Crippen molar-refractivity contribution in [1.82, 2.24) is 26.2 Å². The summed E-state index contributed by atoms with van der Waals surface area (Å²) in [5, 5.41) is 30.3. The number of benzene rings is 3. The maximum atomic E-state index is 14.2. The molecule has 2 atom stereocenters. The number of nitrogens with zero attached hydrogens (tertiary/aromatic N) is 1. The van der Waals surface area contributed by atoms with E-state index in [0.29, 0.717) is 18.7 Å². The van der Waals surface area contributed by atoms with Crippen LogP contribution in [0.2, 0.25) is 0 Å². The number of rotatable bonds is 13. The van der Waals surface area contributed by atoms with Crippen LogP contribution in [0.3, 0.4) is 0 Å². The van der Waals surface area contributed by atoms with Gasteiger partial charge < -0.3 is 36.4 Å². The first-order valence-corrected chi connectivity index (χ1v) is 15.6. The number of urea groups is 1. The van der Waals surface area contributed by atoms with Gasteiger partial charge in [0.1, 0.15) is 11.9 Å². The topological polar surface area (TPSA) is 143 Å². The standard InChI is InChI=1S/C35H44FN5O5/c1-4-37-34(46)38-18-25-7-5-6-8-30(25)24-11-9-23(10-12-24)20-41-21-26-13-14-28(36)15-27(26)16-31(33(41)45)40-32(44)17-35(2,3)39-19-29(43)22-42/h5-15,29,31,39,42-43H,4,16-22H2,1-3H3,(H,40,44)(H2,37,38,46)/t29-,31+/m0/s1. The van der Waals surface area contributed by atoms with Crippen LogP contribution in [0.25, 0.3) is 11.1 Å². The lowest BCUT2D eigenvalue weighted by Crippen LogP contribution is -2.51. The van der Waals surface area contributed by atoms with Gasteiger partial charge in [-0.25, -0.2) is 9.18 Å². The predicted molar refractivity (Wildman–Crippen MR) is 174 cm³/mol. The van der Waals surface area contributed by atoms with E-state index in [-0.39, 0.29) is 50.3 Å². The molecule has 0 bridgehead atoms. The third-order valence-corrected chi connectivity index (χ3v) is 7.96. The van der Waals surface area contributed by atoms with Gasteiger partial charge in [0.2, 0.25) is 11.8 Å². The van der Waals surface area contributed by atoms with Gasteiger partial charge in [-0.15, -0.1) is 0 Å². The van der Waals surface area contributed by atoms with Gasteiger partial charge in [-0.05, 0) is 66.3 Å². The second kappa shape index (κ2) is 15.8. The Morgan fingerprint density at radius 2 is 1.78 bits per heavy atom. The van der Waals surface area contributed by atoms with Crippen molar-refractivity contribution in [2.24, 2.45) is 0 Å². The van der Waals surface area contributed by atoms with Crippen LogP contribution in [0.15, 0.2) is 66.7 Å². The van der Waals surface area contributed by atoms with E-state index in [4.69, 9.17) is 5.11 Å². The second-order valence-electron chi connectivity index (χ2n) is 12.3. The number of aliphatic hydroxyl groups excluding tert-OH is 2. The van der Waals surface area contributed by atoms with Crippen LogP contribution in [0.4, 0.5) is 9.18 Å². The minimum absolute atomic E-state index is 0.0205. The number of hydrogen-bond donors (Lipinski definition) is 6. The molecule has 0 unspecified atom stereocenters. The summed E-state index contributed by atoms with van der Waals surface area (Å²) in [5.74, 6) is -1.04. The monoisotopic (exact) mass is 633 g/mol. The maximum Gasteiger partial charge on any atom is 0.315 e. The van der Waals surface area contributed by atoms with E-state index in [9.17, 15) is 23.9 Å². The molecule has 0 fully saturated rings. The molecule has 0 aliphatic carbocycles. The van der Waals surface area contributed by atoms with Crippen molar-refractivity contribution in [3.05, 3.63) is 94.8 Å². The largest absolute Gasteiger partial charge is 0.394 e. The summed E-state index contributed by atoms with van der Waals surface area (Å²) < 4.78 is 14.2. The first-order valence-electron chi connectivity index (χ1n) is 15.6. The van der Waals surface area contributed by atoms with Crippen molar-refractivity contribution in [1.29, 1.82) is 0 Å². The zero-order chi connectivity index (χ0) is 33.3. The molecule has 3 aromatic rings. The fourth-order valence-corrected chi connectivity index (χ4v) is 5.53. The first-order chi connectivity index (χ1) is 22.0. The van der Waals surface area contributed by atoms with Crippen molar-refractivity contribution >= 4 is 17.8 Å². The molecule has 46 heavy (non-hydrogen) atoms. The molecule has 1 aliphatic heterocycles. The molecule has 0 spiro atoms. The smallest absolute Gasteiger partial charge is 0.315 e. The number of aliphatic hydroxyl groups is 2. The van der Waals surface area contributed by atoms with Gasteiger partial charge >= 0.3 is 6.03 Å². The number of carbonyl (C=O) groups excluding carboxylic acids is 3. The molecule has 0 saturated carbocycles. The van der Waals surface area contributed by atoms with Crippen LogP contribution in [0.5, 0.6) is 0 Å². The summed E-state index contributed by atoms with van der Waals surface area (Å²) >= 11 is 0. The highest BCUT2D eigenvalue weighted by Crippen LogP contribution is 2.26. The van der Waals surface area contributed by atoms with Gasteiger partial charge in [-0.2, -0.15) is 0 Å². The van der Waals surface area contributed by atoms with Crippen molar-refractivity contribution in [2.75, 3.05) is 19.7 Å². The number of fused-ring (bicyclic) bond motifs is 1. The lowest BCUT2D eigenvalue weighted by molar-refractivity contribution is -0.137. The van der Waals surface area contributed by atoms with Crippen LogP contribution in [0, 0.1) is 5.82 Å². The summed E-state index contributed by atoms with van der Waals surface area (Å²) in [5.41, 5.74) is 4.57. The third-order valence-electron chi connectivity index (χ3n) is 7.96. The number of hydrogen-bond acceptors (Lipinski definition) is 6. The van der Waals surface area contributed by atoms with E-state index >= 15 is 0 Å². The Balaban J connectivity index is 1.49. The summed E-state index contributed by atoms with van der Waals surface area (Å²) in [7, 11) is 0. The molecule has 1 heterocycles. The molecule has 11 heteroatoms. The van der Waals surface area contributed by atoms with Gasteiger partial charge in [-0.1, -0.05) is 54.6 Å². The Labute approximate surface area is 269 Å². The first kappa shape index (κ1) is 34.6. The fourth-order valence-electron chi connectivity index (χ4n) is 5.53. The second-order valence-corrected chi connectivity index (χ2v) is 12.3. The van der Waals surface area contributed by atoms with Gasteiger partial charge in [0, 0.05) is 51.1 Å². The Morgan fingerprint density at radius 3 is 2.50 bits per heavy atom. The van der Waals surface area contributed by atoms with E-state index in [1.54, 1.807) is 24.8 Å². The van der Waals surface area contributed by atoms with Gasteiger partial charge in [0.15, 0.2) is 0 Å². The van der Waals surface area contributed by atoms with E-state index in [1.165, 1.54) is 12.1 Å². The Hall–Kier alpha value is -4.32. The molecule has 0 saturated heterocycles. The normalized spacial score (nSPS) is 15.5. The Kier molecular flexibility index (Phi) is 11.9. The predicted octanol–water partition coefficient (Wildman–Crippen LogP) is 2.99. The number of halogens is 1. The SMILES string of the molecule is CCNC(=O)NCc1ccccc1-c1ccc(CN2Cc3ccc(F)cc3C[C@@H](NC(=O)CC(C)(C)NC[C@H](O)CO)C2=O)cc1. The third kappa shape index (κ3) is 9.59. The van der Waals surface area contributed by atoms with Crippen LogP contribution in [-0.4, -0.2) is 70.3 Å². The van der Waals surface area contributed by atoms with Gasteiger partial charge in [0.25, 0.3) is 0 Å². The van der Waals surface area contributed by atoms with Crippen LogP contribution in [0.1, 0.15) is 49.4 Å².